The maximum Gasteiger partial charge on any atom is 0.338 e. The van der Waals surface area contributed by atoms with Crippen molar-refractivity contribution in [2.75, 3.05) is 25.6 Å². The Labute approximate surface area is 152 Å². The molecule has 136 valence electrons. The Morgan fingerprint density at radius 1 is 0.962 bits per heavy atom. The van der Waals surface area contributed by atoms with Crippen LogP contribution >= 0.6 is 0 Å². The normalized spacial score (nSPS) is 9.92. The van der Waals surface area contributed by atoms with Gasteiger partial charge >= 0.3 is 12.0 Å². The van der Waals surface area contributed by atoms with Crippen LogP contribution in [0.15, 0.2) is 54.6 Å². The van der Waals surface area contributed by atoms with Crippen molar-refractivity contribution in [3.8, 4) is 0 Å². The fourth-order valence-corrected chi connectivity index (χ4v) is 2.10. The Bertz CT molecular complexity index is 758. The lowest BCUT2D eigenvalue weighted by Gasteiger charge is -2.12. The Kier molecular flexibility index (Phi) is 6.73. The van der Waals surface area contributed by atoms with Gasteiger partial charge < -0.3 is 15.0 Å². The summed E-state index contributed by atoms with van der Waals surface area (Å²) in [6.45, 7) is -0.245. The summed E-state index contributed by atoms with van der Waals surface area (Å²) in [4.78, 5) is 37.2. The molecule has 2 aromatic rings. The number of hydrogen-bond donors (Lipinski definition) is 2. The Balaban J connectivity index is 1.73. The summed E-state index contributed by atoms with van der Waals surface area (Å²) >= 11 is 0. The molecule has 0 spiro atoms. The maximum atomic E-state index is 11.9. The minimum atomic E-state index is -0.700. The van der Waals surface area contributed by atoms with Crippen molar-refractivity contribution in [3.63, 3.8) is 0 Å². The van der Waals surface area contributed by atoms with Crippen LogP contribution in [0.2, 0.25) is 0 Å². The topological polar surface area (TPSA) is 87.7 Å². The highest BCUT2D eigenvalue weighted by Crippen LogP contribution is 2.12. The summed E-state index contributed by atoms with van der Waals surface area (Å²) < 4.78 is 4.91. The molecule has 0 aromatic heterocycles. The first kappa shape index (κ1) is 19.0. The van der Waals surface area contributed by atoms with Crippen LogP contribution in [0.4, 0.5) is 10.5 Å². The van der Waals surface area contributed by atoms with Crippen molar-refractivity contribution in [2.45, 2.75) is 6.54 Å². The second-order valence-corrected chi connectivity index (χ2v) is 5.73. The number of hydrogen-bond acceptors (Lipinski definition) is 5. The average Bonchev–Trinajstić information content (AvgIpc) is 2.65. The van der Waals surface area contributed by atoms with Crippen molar-refractivity contribution in [2.24, 2.45) is 0 Å². The summed E-state index contributed by atoms with van der Waals surface area (Å²) in [6, 6.07) is 15.4. The predicted octanol–water partition coefficient (Wildman–Crippen LogP) is 1.94. The van der Waals surface area contributed by atoms with Crippen LogP contribution in [0, 0.1) is 0 Å². The predicted molar refractivity (Wildman–Crippen MR) is 97.9 cm³/mol. The van der Waals surface area contributed by atoms with Crippen molar-refractivity contribution < 1.29 is 19.1 Å². The van der Waals surface area contributed by atoms with Gasteiger partial charge in [-0.05, 0) is 29.8 Å². The highest BCUT2D eigenvalue weighted by molar-refractivity contribution is 5.97. The molecule has 3 amide bonds. The molecule has 0 atom stereocenters. The zero-order valence-corrected chi connectivity index (χ0v) is 14.7. The lowest BCUT2D eigenvalue weighted by molar-refractivity contribution is -0.123. The molecule has 0 saturated heterocycles. The van der Waals surface area contributed by atoms with Gasteiger partial charge in [0.1, 0.15) is 0 Å². The van der Waals surface area contributed by atoms with Gasteiger partial charge in [-0.15, -0.1) is 0 Å². The fourth-order valence-electron chi connectivity index (χ4n) is 2.10. The van der Waals surface area contributed by atoms with Crippen LogP contribution in [0.3, 0.4) is 0 Å². The van der Waals surface area contributed by atoms with E-state index in [1.165, 1.54) is 0 Å². The second kappa shape index (κ2) is 9.22. The molecule has 0 aliphatic rings. The molecule has 2 N–H and O–H groups in total. The molecule has 0 unspecified atom stereocenters. The highest BCUT2D eigenvalue weighted by Gasteiger charge is 2.12. The van der Waals surface area contributed by atoms with Crippen molar-refractivity contribution in [1.82, 2.24) is 10.6 Å². The number of urea groups is 1. The van der Waals surface area contributed by atoms with E-state index in [0.29, 0.717) is 5.56 Å². The SMILES string of the molecule is CN(C)c1ccc(C(=O)OCC(=O)NC(=O)NCc2ccccc2)cc1. The van der Waals surface area contributed by atoms with E-state index >= 15 is 0 Å². The number of nitrogens with zero attached hydrogens (tertiary/aromatic N) is 1. The van der Waals surface area contributed by atoms with Crippen molar-refractivity contribution in [1.29, 1.82) is 0 Å². The standard InChI is InChI=1S/C19H21N3O4/c1-22(2)16-10-8-15(9-11-16)18(24)26-13-17(23)21-19(25)20-12-14-6-4-3-5-7-14/h3-11H,12-13H2,1-2H3,(H2,20,21,23,25). The highest BCUT2D eigenvalue weighted by atomic mass is 16.5. The number of amides is 3. The van der Waals surface area contributed by atoms with Gasteiger partial charge in [0.2, 0.25) is 0 Å². The number of esters is 1. The molecule has 0 aliphatic carbocycles. The van der Waals surface area contributed by atoms with Crippen LogP contribution in [0.5, 0.6) is 0 Å². The summed E-state index contributed by atoms with van der Waals surface area (Å²) in [6.07, 6.45) is 0. The summed E-state index contributed by atoms with van der Waals surface area (Å²) in [5.41, 5.74) is 2.18. The molecule has 0 bridgehead atoms. The van der Waals surface area contributed by atoms with E-state index in [2.05, 4.69) is 10.6 Å². The van der Waals surface area contributed by atoms with E-state index in [4.69, 9.17) is 4.74 Å². The number of rotatable bonds is 6. The molecule has 2 aromatic carbocycles. The van der Waals surface area contributed by atoms with E-state index in [1.807, 2.05) is 49.3 Å². The van der Waals surface area contributed by atoms with Gasteiger partial charge in [0, 0.05) is 26.3 Å². The monoisotopic (exact) mass is 355 g/mol. The van der Waals surface area contributed by atoms with Gasteiger partial charge in [-0.25, -0.2) is 9.59 Å². The molecule has 26 heavy (non-hydrogen) atoms. The molecular formula is C19H21N3O4. The number of ether oxygens (including phenoxy) is 1. The number of nitrogens with one attached hydrogen (secondary N) is 2. The van der Waals surface area contributed by atoms with Crippen LogP contribution in [-0.4, -0.2) is 38.6 Å². The molecule has 0 fully saturated rings. The molecule has 0 heterocycles. The number of carbonyl (C=O) groups is 3. The van der Waals surface area contributed by atoms with Gasteiger partial charge in [-0.3, -0.25) is 10.1 Å². The van der Waals surface area contributed by atoms with Crippen LogP contribution in [0.25, 0.3) is 0 Å². The van der Waals surface area contributed by atoms with Crippen LogP contribution < -0.4 is 15.5 Å². The van der Waals surface area contributed by atoms with E-state index < -0.39 is 24.5 Å². The first-order valence-corrected chi connectivity index (χ1v) is 8.02. The molecule has 0 radical (unpaired) electrons. The second-order valence-electron chi connectivity index (χ2n) is 5.73. The third kappa shape index (κ3) is 5.94. The molecule has 7 heteroatoms. The summed E-state index contributed by atoms with van der Waals surface area (Å²) in [7, 11) is 3.78. The van der Waals surface area contributed by atoms with E-state index in [0.717, 1.165) is 11.3 Å². The lowest BCUT2D eigenvalue weighted by Crippen LogP contribution is -2.41. The molecule has 7 nitrogen and oxygen atoms in total. The quantitative estimate of drug-likeness (QED) is 0.773. The van der Waals surface area contributed by atoms with Gasteiger partial charge in [-0.2, -0.15) is 0 Å². The molecular weight excluding hydrogens is 334 g/mol. The zero-order valence-electron chi connectivity index (χ0n) is 14.7. The average molecular weight is 355 g/mol. The van der Waals surface area contributed by atoms with E-state index in [9.17, 15) is 14.4 Å². The Morgan fingerprint density at radius 2 is 1.62 bits per heavy atom. The third-order valence-corrected chi connectivity index (χ3v) is 3.50. The number of anilines is 1. The minimum absolute atomic E-state index is 0.290. The van der Waals surface area contributed by atoms with Gasteiger partial charge in [-0.1, -0.05) is 30.3 Å². The van der Waals surface area contributed by atoms with Gasteiger partial charge in [0.05, 0.1) is 5.56 Å². The molecule has 0 aliphatic heterocycles. The fraction of sp³-hybridized carbons (Fsp3) is 0.211. The van der Waals surface area contributed by atoms with Crippen molar-refractivity contribution in [3.05, 3.63) is 65.7 Å². The smallest absolute Gasteiger partial charge is 0.338 e. The summed E-state index contributed by atoms with van der Waals surface area (Å²) in [5.74, 6) is -1.33. The van der Waals surface area contributed by atoms with Gasteiger partial charge in [0.15, 0.2) is 6.61 Å². The van der Waals surface area contributed by atoms with Crippen LogP contribution in [0.1, 0.15) is 15.9 Å². The van der Waals surface area contributed by atoms with E-state index in [-0.39, 0.29) is 6.54 Å². The first-order valence-electron chi connectivity index (χ1n) is 8.02. The molecule has 2 rings (SSSR count). The van der Waals surface area contributed by atoms with Gasteiger partial charge in [0.25, 0.3) is 5.91 Å². The zero-order chi connectivity index (χ0) is 18.9. The van der Waals surface area contributed by atoms with Crippen molar-refractivity contribution >= 4 is 23.6 Å². The Hall–Kier alpha value is -3.35. The molecule has 0 saturated carbocycles. The minimum Gasteiger partial charge on any atom is -0.452 e. The largest absolute Gasteiger partial charge is 0.452 e. The maximum absolute atomic E-state index is 11.9. The number of imide groups is 1. The third-order valence-electron chi connectivity index (χ3n) is 3.50. The number of benzene rings is 2. The number of carbonyl (C=O) groups excluding carboxylic acids is 3. The first-order chi connectivity index (χ1) is 12.5. The van der Waals surface area contributed by atoms with E-state index in [1.54, 1.807) is 24.3 Å². The van der Waals surface area contributed by atoms with Crippen LogP contribution in [-0.2, 0) is 16.1 Å². The Morgan fingerprint density at radius 3 is 2.23 bits per heavy atom. The summed E-state index contributed by atoms with van der Waals surface area (Å²) in [5, 5.41) is 4.66. The lowest BCUT2D eigenvalue weighted by atomic mass is 10.2.